The van der Waals surface area contributed by atoms with Gasteiger partial charge in [-0.05, 0) is 45.8 Å². The summed E-state index contributed by atoms with van der Waals surface area (Å²) in [5.74, 6) is 0. The molecule has 0 aliphatic heterocycles. The first-order valence-electron chi connectivity index (χ1n) is 5.77. The molecule has 8 heteroatoms. The number of halogens is 6. The third-order valence-corrected chi connectivity index (χ3v) is 4.58. The molecule has 21 heavy (non-hydrogen) atoms. The highest BCUT2D eigenvalue weighted by atomic mass is 79.9. The van der Waals surface area contributed by atoms with Gasteiger partial charge in [-0.2, -0.15) is 0 Å². The van der Waals surface area contributed by atoms with Gasteiger partial charge in [-0.25, -0.2) is 0 Å². The van der Waals surface area contributed by atoms with Gasteiger partial charge in [0.1, 0.15) is 4.90 Å². The Morgan fingerprint density at radius 3 is 1.95 bits per heavy atom. The van der Waals surface area contributed by atoms with Crippen molar-refractivity contribution in [3.8, 4) is 0 Å². The van der Waals surface area contributed by atoms with Crippen LogP contribution in [0.15, 0.2) is 57.9 Å². The summed E-state index contributed by atoms with van der Waals surface area (Å²) < 4.78 is 63.6. The van der Waals surface area contributed by atoms with Crippen molar-refractivity contribution in [2.45, 2.75) is 11.4 Å². The van der Waals surface area contributed by atoms with Crippen molar-refractivity contribution >= 4 is 31.8 Å². The van der Waals surface area contributed by atoms with Crippen LogP contribution in [-0.2, 0) is 6.54 Å². The van der Waals surface area contributed by atoms with Crippen molar-refractivity contribution in [1.82, 2.24) is 0 Å². The molecule has 0 saturated heterocycles. The molecule has 0 aromatic heterocycles. The summed E-state index contributed by atoms with van der Waals surface area (Å²) in [6.07, 6.45) is 0. The molecule has 0 aliphatic carbocycles. The van der Waals surface area contributed by atoms with Gasteiger partial charge in [-0.3, -0.25) is 0 Å². The summed E-state index contributed by atoms with van der Waals surface area (Å²) in [7, 11) is -9.58. The largest absolute Gasteiger partial charge is 0.380 e. The van der Waals surface area contributed by atoms with Gasteiger partial charge < -0.3 is 5.32 Å². The summed E-state index contributed by atoms with van der Waals surface area (Å²) >= 11 is 3.32. The molecule has 0 fully saturated rings. The highest BCUT2D eigenvalue weighted by Gasteiger charge is 2.65. The van der Waals surface area contributed by atoms with Gasteiger partial charge >= 0.3 is 10.2 Å². The minimum absolute atomic E-state index is 0.225. The van der Waals surface area contributed by atoms with Gasteiger partial charge in [0.25, 0.3) is 0 Å². The first-order chi connectivity index (χ1) is 9.45. The quantitative estimate of drug-likeness (QED) is 0.574. The molecule has 2 aromatic carbocycles. The van der Waals surface area contributed by atoms with E-state index in [0.717, 1.165) is 22.3 Å². The second kappa shape index (κ2) is 4.61. The molecule has 0 heterocycles. The van der Waals surface area contributed by atoms with Gasteiger partial charge in [-0.1, -0.05) is 43.7 Å². The van der Waals surface area contributed by atoms with Crippen LogP contribution in [-0.4, -0.2) is 0 Å². The normalized spacial score (nSPS) is 15.1. The number of para-hydroxylation sites is 1. The molecule has 2 aromatic rings. The molecule has 0 amide bonds. The second-order valence-corrected chi connectivity index (χ2v) is 7.71. The molecule has 0 atom stereocenters. The molecule has 0 saturated carbocycles. The Morgan fingerprint density at radius 2 is 1.43 bits per heavy atom. The van der Waals surface area contributed by atoms with Gasteiger partial charge in [0.05, 0.1) is 0 Å². The van der Waals surface area contributed by atoms with E-state index in [2.05, 4.69) is 21.2 Å². The van der Waals surface area contributed by atoms with Crippen molar-refractivity contribution in [2.75, 3.05) is 5.32 Å². The maximum atomic E-state index is 12.6. The van der Waals surface area contributed by atoms with Crippen LogP contribution >= 0.6 is 26.2 Å². The molecule has 116 valence electrons. The van der Waals surface area contributed by atoms with E-state index in [1.165, 1.54) is 0 Å². The average molecular weight is 388 g/mol. The van der Waals surface area contributed by atoms with Crippen molar-refractivity contribution in [2.24, 2.45) is 0 Å². The summed E-state index contributed by atoms with van der Waals surface area (Å²) in [4.78, 5) is -1.88. The smallest absolute Gasteiger partial charge is 0.310 e. The van der Waals surface area contributed by atoms with E-state index in [0.29, 0.717) is 17.7 Å². The summed E-state index contributed by atoms with van der Waals surface area (Å²) in [5, 5.41) is 3.00. The lowest BCUT2D eigenvalue weighted by molar-refractivity contribution is 0.364. The Balaban J connectivity index is 2.13. The Hall–Kier alpha value is -1.28. The lowest BCUT2D eigenvalue weighted by Gasteiger charge is -2.40. The first kappa shape index (κ1) is 16.1. The molecule has 1 N–H and O–H groups in total. The summed E-state index contributed by atoms with van der Waals surface area (Å²) in [6.45, 7) is 0.225. The Morgan fingerprint density at radius 1 is 0.857 bits per heavy atom. The zero-order valence-electron chi connectivity index (χ0n) is 10.5. The van der Waals surface area contributed by atoms with Crippen molar-refractivity contribution < 1.29 is 19.4 Å². The third-order valence-electron chi connectivity index (χ3n) is 2.73. The van der Waals surface area contributed by atoms with Crippen LogP contribution in [0.5, 0.6) is 0 Å². The number of nitrogens with one attached hydrogen (secondary N) is 1. The van der Waals surface area contributed by atoms with E-state index in [9.17, 15) is 19.4 Å². The monoisotopic (exact) mass is 387 g/mol. The molecule has 2 rings (SSSR count). The molecular weight excluding hydrogens is 377 g/mol. The number of hydrogen-bond acceptors (Lipinski definition) is 1. The van der Waals surface area contributed by atoms with Crippen LogP contribution < -0.4 is 5.32 Å². The van der Waals surface area contributed by atoms with E-state index in [-0.39, 0.29) is 6.54 Å². The molecular formula is C13H11BrF5NS. The van der Waals surface area contributed by atoms with Crippen molar-refractivity contribution in [1.29, 1.82) is 0 Å². The van der Waals surface area contributed by atoms with Crippen LogP contribution in [0, 0.1) is 0 Å². The average Bonchev–Trinajstić information content (AvgIpc) is 2.36. The SMILES string of the molecule is FS(F)(F)(F)(F)c1ccc(CNc2ccccc2Br)cc1. The Kier molecular flexibility index (Phi) is 3.53. The Bertz CT molecular complexity index is 654. The van der Waals surface area contributed by atoms with E-state index in [1.807, 2.05) is 6.07 Å². The lowest BCUT2D eigenvalue weighted by Crippen LogP contribution is -2.06. The van der Waals surface area contributed by atoms with Crippen LogP contribution in [0.1, 0.15) is 5.56 Å². The Labute approximate surface area is 127 Å². The minimum atomic E-state index is -9.58. The molecule has 0 bridgehead atoms. The van der Waals surface area contributed by atoms with Gasteiger partial charge in [-0.15, -0.1) is 0 Å². The fourth-order valence-electron chi connectivity index (χ4n) is 1.67. The minimum Gasteiger partial charge on any atom is -0.380 e. The number of hydrogen-bond donors (Lipinski definition) is 1. The van der Waals surface area contributed by atoms with Crippen molar-refractivity contribution in [3.05, 3.63) is 58.6 Å². The maximum Gasteiger partial charge on any atom is 0.310 e. The van der Waals surface area contributed by atoms with Crippen LogP contribution in [0.3, 0.4) is 0 Å². The molecule has 0 aliphatic rings. The molecule has 1 nitrogen and oxygen atoms in total. The molecule has 0 spiro atoms. The topological polar surface area (TPSA) is 12.0 Å². The third kappa shape index (κ3) is 4.34. The van der Waals surface area contributed by atoms with Gasteiger partial charge in [0.2, 0.25) is 0 Å². The number of benzene rings is 2. The zero-order valence-corrected chi connectivity index (χ0v) is 12.9. The van der Waals surface area contributed by atoms with E-state index >= 15 is 0 Å². The maximum absolute atomic E-state index is 12.6. The predicted octanol–water partition coefficient (Wildman–Crippen LogP) is 6.72. The van der Waals surface area contributed by atoms with E-state index < -0.39 is 15.1 Å². The van der Waals surface area contributed by atoms with Crippen LogP contribution in [0.2, 0.25) is 0 Å². The predicted molar refractivity (Wildman–Crippen MR) is 79.3 cm³/mol. The van der Waals surface area contributed by atoms with Gasteiger partial charge in [0.15, 0.2) is 0 Å². The van der Waals surface area contributed by atoms with Gasteiger partial charge in [0, 0.05) is 16.7 Å². The second-order valence-electron chi connectivity index (χ2n) is 4.45. The molecule has 0 radical (unpaired) electrons. The van der Waals surface area contributed by atoms with Crippen LogP contribution in [0.25, 0.3) is 0 Å². The summed E-state index contributed by atoms with van der Waals surface area (Å²) in [6, 6.07) is 10.1. The van der Waals surface area contributed by atoms with Crippen LogP contribution in [0.4, 0.5) is 25.1 Å². The van der Waals surface area contributed by atoms with E-state index in [1.54, 1.807) is 18.2 Å². The van der Waals surface area contributed by atoms with E-state index in [4.69, 9.17) is 0 Å². The number of rotatable bonds is 4. The lowest BCUT2D eigenvalue weighted by atomic mass is 10.2. The fraction of sp³-hybridized carbons (Fsp3) is 0.0769. The highest BCUT2D eigenvalue weighted by Crippen LogP contribution is 3.02. The highest BCUT2D eigenvalue weighted by molar-refractivity contribution is 9.10. The molecule has 0 unspecified atom stereocenters. The fourth-order valence-corrected chi connectivity index (χ4v) is 2.74. The van der Waals surface area contributed by atoms with Crippen molar-refractivity contribution in [3.63, 3.8) is 0 Å². The zero-order chi connectivity index (χ0) is 15.8. The standard InChI is InChI=1S/C13H11BrF5NS/c14-12-3-1-2-4-13(12)20-9-10-5-7-11(8-6-10)21(15,16,17,18)19/h1-8,20H,9H2. The number of anilines is 1. The summed E-state index contributed by atoms with van der Waals surface area (Å²) in [5.41, 5.74) is 1.23. The first-order valence-corrected chi connectivity index (χ1v) is 8.51.